The van der Waals surface area contributed by atoms with Crippen LogP contribution >= 0.6 is 11.3 Å². The van der Waals surface area contributed by atoms with Gasteiger partial charge in [-0.05, 0) is 155 Å². The van der Waals surface area contributed by atoms with Crippen molar-refractivity contribution in [3.8, 4) is 44.5 Å². The SMILES string of the molecule is CC(C)(C)c1ccc(N(c2ccc3cc4c(cc3c2)-c2cc3cc(-c5ccccc5)ccc3cc2-4)c2cc3sccc3cc2-c2ccccc2)cc1. The zero-order valence-electron chi connectivity index (χ0n) is 29.5. The fourth-order valence-electron chi connectivity index (χ4n) is 7.93. The van der Waals surface area contributed by atoms with Crippen molar-refractivity contribution in [2.75, 3.05) is 4.90 Å². The third kappa shape index (κ3) is 5.14. The first kappa shape index (κ1) is 30.8. The molecule has 0 saturated carbocycles. The summed E-state index contributed by atoms with van der Waals surface area (Å²) in [5.74, 6) is 0. The molecular weight excluding hydrogens is 647 g/mol. The number of hydrogen-bond donors (Lipinski definition) is 0. The number of thiophene rings is 1. The largest absolute Gasteiger partial charge is 0.310 e. The highest BCUT2D eigenvalue weighted by Crippen LogP contribution is 2.51. The van der Waals surface area contributed by atoms with Crippen LogP contribution in [0, 0.1) is 0 Å². The normalized spacial score (nSPS) is 12.1. The lowest BCUT2D eigenvalue weighted by Gasteiger charge is -2.30. The number of nitrogens with zero attached hydrogens (tertiary/aromatic N) is 1. The molecule has 9 aromatic rings. The zero-order valence-corrected chi connectivity index (χ0v) is 30.3. The lowest BCUT2D eigenvalue weighted by Crippen LogP contribution is -2.14. The van der Waals surface area contributed by atoms with Gasteiger partial charge in [-0.25, -0.2) is 0 Å². The quantitative estimate of drug-likeness (QED) is 0.175. The smallest absolute Gasteiger partial charge is 0.0554 e. The molecule has 0 amide bonds. The third-order valence-electron chi connectivity index (χ3n) is 10.8. The summed E-state index contributed by atoms with van der Waals surface area (Å²) in [5, 5.41) is 8.53. The molecule has 1 aliphatic rings. The van der Waals surface area contributed by atoms with Crippen molar-refractivity contribution in [2.45, 2.75) is 26.2 Å². The molecule has 0 bridgehead atoms. The van der Waals surface area contributed by atoms with Gasteiger partial charge in [0.2, 0.25) is 0 Å². The lowest BCUT2D eigenvalue weighted by molar-refractivity contribution is 0.590. The van der Waals surface area contributed by atoms with Crippen molar-refractivity contribution in [1.29, 1.82) is 0 Å². The van der Waals surface area contributed by atoms with Crippen molar-refractivity contribution in [2.24, 2.45) is 0 Å². The summed E-state index contributed by atoms with van der Waals surface area (Å²) in [6, 6.07) is 61.0. The maximum Gasteiger partial charge on any atom is 0.0554 e. The molecule has 1 nitrogen and oxygen atoms in total. The average molecular weight is 684 g/mol. The summed E-state index contributed by atoms with van der Waals surface area (Å²) in [7, 11) is 0. The van der Waals surface area contributed by atoms with Crippen molar-refractivity contribution >= 4 is 60.0 Å². The molecule has 0 N–H and O–H groups in total. The summed E-state index contributed by atoms with van der Waals surface area (Å²) >= 11 is 1.80. The van der Waals surface area contributed by atoms with Gasteiger partial charge in [0.25, 0.3) is 0 Å². The van der Waals surface area contributed by atoms with Crippen LogP contribution in [0.25, 0.3) is 76.1 Å². The number of hydrogen-bond acceptors (Lipinski definition) is 2. The highest BCUT2D eigenvalue weighted by molar-refractivity contribution is 7.17. The molecule has 248 valence electrons. The van der Waals surface area contributed by atoms with E-state index in [0.717, 1.165) is 11.4 Å². The van der Waals surface area contributed by atoms with E-state index in [1.54, 1.807) is 11.3 Å². The van der Waals surface area contributed by atoms with E-state index in [4.69, 9.17) is 0 Å². The van der Waals surface area contributed by atoms with E-state index in [9.17, 15) is 0 Å². The fourth-order valence-corrected chi connectivity index (χ4v) is 8.74. The summed E-state index contributed by atoms with van der Waals surface area (Å²) in [6.45, 7) is 6.83. The second-order valence-corrected chi connectivity index (χ2v) is 16.0. The van der Waals surface area contributed by atoms with Crippen LogP contribution in [0.5, 0.6) is 0 Å². The average Bonchev–Trinajstić information content (AvgIpc) is 3.64. The summed E-state index contributed by atoms with van der Waals surface area (Å²) < 4.78 is 1.28. The predicted octanol–water partition coefficient (Wildman–Crippen LogP) is 15.0. The van der Waals surface area contributed by atoms with Crippen molar-refractivity contribution in [1.82, 2.24) is 0 Å². The maximum atomic E-state index is 2.46. The topological polar surface area (TPSA) is 3.24 Å². The minimum Gasteiger partial charge on any atom is -0.310 e. The molecule has 0 fully saturated rings. The molecule has 0 atom stereocenters. The van der Waals surface area contributed by atoms with Gasteiger partial charge in [-0.2, -0.15) is 0 Å². The Balaban J connectivity index is 1.13. The molecule has 1 heterocycles. The van der Waals surface area contributed by atoms with Crippen molar-refractivity contribution in [3.63, 3.8) is 0 Å². The molecule has 0 unspecified atom stereocenters. The Bertz CT molecular complexity index is 2800. The van der Waals surface area contributed by atoms with Crippen LogP contribution < -0.4 is 4.90 Å². The summed E-state index contributed by atoms with van der Waals surface area (Å²) in [5.41, 5.74) is 15.2. The predicted molar refractivity (Wildman–Crippen MR) is 226 cm³/mol. The van der Waals surface area contributed by atoms with Crippen LogP contribution in [0.3, 0.4) is 0 Å². The van der Waals surface area contributed by atoms with Gasteiger partial charge in [0.1, 0.15) is 0 Å². The first-order chi connectivity index (χ1) is 25.4. The third-order valence-corrected chi connectivity index (χ3v) is 11.7. The van der Waals surface area contributed by atoms with Crippen LogP contribution in [0.15, 0.2) is 169 Å². The zero-order chi connectivity index (χ0) is 35.0. The Morgan fingerprint density at radius 1 is 0.404 bits per heavy atom. The van der Waals surface area contributed by atoms with Gasteiger partial charge in [0.15, 0.2) is 0 Å². The maximum absolute atomic E-state index is 2.46. The standard InChI is InChI=1S/C50H37NS/c1-50(2,3)40-17-20-41(21-18-40)51(48-31-49-37(22-23-52-49)28-43(48)33-12-8-5-9-13-33)42-19-16-36-27-45-44-26-35-15-14-34(32-10-6-4-7-11-32)24-38(35)29-46(44)47(45)30-39(36)25-42/h4-31H,1-3H3. The molecule has 1 aliphatic carbocycles. The number of anilines is 3. The Hall–Kier alpha value is -5.96. The first-order valence-electron chi connectivity index (χ1n) is 18.1. The Morgan fingerprint density at radius 3 is 1.62 bits per heavy atom. The van der Waals surface area contributed by atoms with Crippen molar-refractivity contribution < 1.29 is 0 Å². The molecule has 1 aromatic heterocycles. The van der Waals surface area contributed by atoms with E-state index in [1.165, 1.54) is 87.4 Å². The summed E-state index contributed by atoms with van der Waals surface area (Å²) in [4.78, 5) is 2.46. The van der Waals surface area contributed by atoms with Crippen LogP contribution in [-0.2, 0) is 5.41 Å². The molecule has 8 aromatic carbocycles. The van der Waals surface area contributed by atoms with Gasteiger partial charge in [-0.15, -0.1) is 11.3 Å². The van der Waals surface area contributed by atoms with Crippen LogP contribution in [0.4, 0.5) is 17.1 Å². The minimum atomic E-state index is 0.0734. The monoisotopic (exact) mass is 683 g/mol. The van der Waals surface area contributed by atoms with Gasteiger partial charge < -0.3 is 4.90 Å². The molecule has 0 aliphatic heterocycles. The van der Waals surface area contributed by atoms with Crippen LogP contribution in [0.2, 0.25) is 0 Å². The molecule has 0 saturated heterocycles. The molecular formula is C50H37NS. The van der Waals surface area contributed by atoms with Crippen molar-refractivity contribution in [3.05, 3.63) is 175 Å². The van der Waals surface area contributed by atoms with E-state index in [0.29, 0.717) is 0 Å². The number of fused-ring (bicyclic) bond motifs is 7. The fraction of sp³-hybridized carbons (Fsp3) is 0.0800. The Kier molecular flexibility index (Phi) is 7.00. The number of benzene rings is 8. The van der Waals surface area contributed by atoms with Gasteiger partial charge in [0.05, 0.1) is 5.69 Å². The van der Waals surface area contributed by atoms with Gasteiger partial charge >= 0.3 is 0 Å². The summed E-state index contributed by atoms with van der Waals surface area (Å²) in [6.07, 6.45) is 0. The highest BCUT2D eigenvalue weighted by atomic mass is 32.1. The molecule has 52 heavy (non-hydrogen) atoms. The van der Waals surface area contributed by atoms with Crippen LogP contribution in [0.1, 0.15) is 26.3 Å². The van der Waals surface area contributed by atoms with E-state index < -0.39 is 0 Å². The second-order valence-electron chi connectivity index (χ2n) is 15.1. The molecule has 0 spiro atoms. The highest BCUT2D eigenvalue weighted by Gasteiger charge is 2.25. The second kappa shape index (κ2) is 11.8. The van der Waals surface area contributed by atoms with E-state index in [1.807, 2.05) is 0 Å². The molecule has 2 heteroatoms. The van der Waals surface area contributed by atoms with Gasteiger partial charge in [0, 0.05) is 21.6 Å². The number of rotatable bonds is 5. The molecule has 10 rings (SSSR count). The minimum absolute atomic E-state index is 0.0734. The van der Waals surface area contributed by atoms with Gasteiger partial charge in [-0.3, -0.25) is 0 Å². The Morgan fingerprint density at radius 2 is 0.962 bits per heavy atom. The van der Waals surface area contributed by atoms with E-state index >= 15 is 0 Å². The van der Waals surface area contributed by atoms with Gasteiger partial charge in [-0.1, -0.05) is 112 Å². The lowest BCUT2D eigenvalue weighted by atomic mass is 9.77. The molecule has 0 radical (unpaired) electrons. The van der Waals surface area contributed by atoms with E-state index in [-0.39, 0.29) is 5.41 Å². The van der Waals surface area contributed by atoms with Crippen LogP contribution in [-0.4, -0.2) is 0 Å². The Labute approximate surface area is 309 Å². The first-order valence-corrected chi connectivity index (χ1v) is 18.9. The van der Waals surface area contributed by atoms with E-state index in [2.05, 4.69) is 195 Å².